The summed E-state index contributed by atoms with van der Waals surface area (Å²) in [7, 11) is 0. The molecule has 2 aromatic rings. The van der Waals surface area contributed by atoms with Gasteiger partial charge in [0.25, 0.3) is 0 Å². The quantitative estimate of drug-likeness (QED) is 0.466. The van der Waals surface area contributed by atoms with Crippen molar-refractivity contribution in [2.45, 2.75) is 19.8 Å². The molecule has 1 saturated heterocycles. The first kappa shape index (κ1) is 17.6. The van der Waals surface area contributed by atoms with Crippen molar-refractivity contribution in [2.75, 3.05) is 18.0 Å². The molecule has 0 unspecified atom stereocenters. The number of anilines is 1. The Morgan fingerprint density at radius 1 is 1.27 bits per heavy atom. The van der Waals surface area contributed by atoms with Gasteiger partial charge in [-0.1, -0.05) is 23.5 Å². The van der Waals surface area contributed by atoms with Gasteiger partial charge in [-0.2, -0.15) is 0 Å². The van der Waals surface area contributed by atoms with Gasteiger partial charge in [0.15, 0.2) is 0 Å². The molecule has 1 aromatic heterocycles. The summed E-state index contributed by atoms with van der Waals surface area (Å²) < 4.78 is 13.1. The molecule has 0 amide bonds. The van der Waals surface area contributed by atoms with Crippen LogP contribution in [0, 0.1) is 34.7 Å². The van der Waals surface area contributed by atoms with Gasteiger partial charge in [0.2, 0.25) is 5.82 Å². The predicted molar refractivity (Wildman–Crippen MR) is 98.4 cm³/mol. The SMILES string of the molecule is Cc1ccc([N+](=O)[O-])c(N2CCC(=CC#Cc3cccc(F)c3)CC2)n1. The average Bonchev–Trinajstić information content (AvgIpc) is 2.62. The predicted octanol–water partition coefficient (Wildman–Crippen LogP) is 4.02. The lowest BCUT2D eigenvalue weighted by Gasteiger charge is -2.28. The van der Waals surface area contributed by atoms with Crippen molar-refractivity contribution >= 4 is 11.5 Å². The van der Waals surface area contributed by atoms with Crippen LogP contribution in [0.1, 0.15) is 24.1 Å². The Hall–Kier alpha value is -3.20. The summed E-state index contributed by atoms with van der Waals surface area (Å²) in [4.78, 5) is 17.1. The smallest absolute Gasteiger partial charge is 0.311 e. The van der Waals surface area contributed by atoms with Gasteiger partial charge < -0.3 is 4.90 Å². The van der Waals surface area contributed by atoms with Crippen LogP contribution in [0.15, 0.2) is 48.0 Å². The highest BCUT2D eigenvalue weighted by Crippen LogP contribution is 2.29. The lowest BCUT2D eigenvalue weighted by Crippen LogP contribution is -2.32. The van der Waals surface area contributed by atoms with Crippen LogP contribution in [-0.2, 0) is 0 Å². The van der Waals surface area contributed by atoms with Crippen molar-refractivity contribution in [2.24, 2.45) is 0 Å². The van der Waals surface area contributed by atoms with E-state index in [1.54, 1.807) is 18.2 Å². The van der Waals surface area contributed by atoms with Gasteiger partial charge >= 0.3 is 5.69 Å². The van der Waals surface area contributed by atoms with Gasteiger partial charge in [-0.25, -0.2) is 9.37 Å². The minimum absolute atomic E-state index is 0.0360. The molecule has 132 valence electrons. The van der Waals surface area contributed by atoms with E-state index in [1.165, 1.54) is 23.8 Å². The Labute approximate surface area is 151 Å². The van der Waals surface area contributed by atoms with Gasteiger partial charge in [0.1, 0.15) is 5.82 Å². The van der Waals surface area contributed by atoms with Crippen LogP contribution in [0.4, 0.5) is 15.9 Å². The number of piperidine rings is 1. The summed E-state index contributed by atoms with van der Waals surface area (Å²) in [5.74, 6) is 6.03. The van der Waals surface area contributed by atoms with Crippen molar-refractivity contribution in [3.8, 4) is 11.8 Å². The maximum Gasteiger partial charge on any atom is 0.311 e. The lowest BCUT2D eigenvalue weighted by molar-refractivity contribution is -0.384. The summed E-state index contributed by atoms with van der Waals surface area (Å²) >= 11 is 0. The van der Waals surface area contributed by atoms with Gasteiger partial charge in [-0.15, -0.1) is 0 Å². The molecule has 0 saturated carbocycles. The van der Waals surface area contributed by atoms with Crippen LogP contribution in [0.3, 0.4) is 0 Å². The molecule has 6 heteroatoms. The molecule has 0 atom stereocenters. The number of aromatic nitrogens is 1. The molecule has 3 rings (SSSR count). The molecule has 0 radical (unpaired) electrons. The highest BCUT2D eigenvalue weighted by molar-refractivity contribution is 5.58. The summed E-state index contributed by atoms with van der Waals surface area (Å²) in [5, 5.41) is 11.2. The van der Waals surface area contributed by atoms with Crippen LogP contribution >= 0.6 is 0 Å². The third-order valence-electron chi connectivity index (χ3n) is 4.21. The Morgan fingerprint density at radius 3 is 2.73 bits per heavy atom. The zero-order chi connectivity index (χ0) is 18.5. The van der Waals surface area contributed by atoms with Crippen molar-refractivity contribution in [3.63, 3.8) is 0 Å². The average molecular weight is 351 g/mol. The summed E-state index contributed by atoms with van der Waals surface area (Å²) in [6.07, 6.45) is 3.40. The number of halogens is 1. The van der Waals surface area contributed by atoms with Crippen molar-refractivity contribution in [1.29, 1.82) is 0 Å². The minimum Gasteiger partial charge on any atom is -0.350 e. The topological polar surface area (TPSA) is 59.3 Å². The zero-order valence-electron chi connectivity index (χ0n) is 14.4. The molecule has 2 heterocycles. The third-order valence-corrected chi connectivity index (χ3v) is 4.21. The number of hydrogen-bond acceptors (Lipinski definition) is 4. The molecule has 26 heavy (non-hydrogen) atoms. The molecule has 1 aromatic carbocycles. The lowest BCUT2D eigenvalue weighted by atomic mass is 10.0. The van der Waals surface area contributed by atoms with Crippen LogP contribution in [0.25, 0.3) is 0 Å². The highest BCUT2D eigenvalue weighted by Gasteiger charge is 2.23. The van der Waals surface area contributed by atoms with E-state index in [9.17, 15) is 14.5 Å². The van der Waals surface area contributed by atoms with Gasteiger partial charge in [-0.3, -0.25) is 10.1 Å². The van der Waals surface area contributed by atoms with E-state index in [0.717, 1.165) is 18.5 Å². The van der Waals surface area contributed by atoms with E-state index < -0.39 is 4.92 Å². The van der Waals surface area contributed by atoms with Crippen molar-refractivity contribution < 1.29 is 9.31 Å². The molecule has 0 aliphatic carbocycles. The first-order valence-corrected chi connectivity index (χ1v) is 8.35. The third kappa shape index (κ3) is 4.25. The number of hydrogen-bond donors (Lipinski definition) is 0. The van der Waals surface area contributed by atoms with E-state index in [-0.39, 0.29) is 11.5 Å². The van der Waals surface area contributed by atoms with Crippen LogP contribution in [0.2, 0.25) is 0 Å². The fraction of sp³-hybridized carbons (Fsp3) is 0.250. The Morgan fingerprint density at radius 2 is 2.04 bits per heavy atom. The molecule has 1 fully saturated rings. The number of nitro groups is 1. The maximum atomic E-state index is 13.1. The molecular formula is C20H18FN3O2. The minimum atomic E-state index is -0.391. The normalized spacial score (nSPS) is 13.8. The van der Waals surface area contributed by atoms with E-state index in [2.05, 4.69) is 16.8 Å². The van der Waals surface area contributed by atoms with Gasteiger partial charge in [0.05, 0.1) is 4.92 Å². The van der Waals surface area contributed by atoms with Crippen LogP contribution in [0.5, 0.6) is 0 Å². The number of benzene rings is 1. The molecule has 1 aliphatic rings. The number of pyridine rings is 1. The fourth-order valence-electron chi connectivity index (χ4n) is 2.85. The zero-order valence-corrected chi connectivity index (χ0v) is 14.4. The standard InChI is InChI=1S/C20H18FN3O2/c1-15-8-9-19(24(25)26)20(22-15)23-12-10-16(11-13-23)4-2-5-17-6-3-7-18(21)14-17/h3-4,6-9,14H,10-13H2,1H3. The first-order chi connectivity index (χ1) is 12.5. The van der Waals surface area contributed by atoms with Crippen molar-refractivity contribution in [3.05, 3.63) is 75.2 Å². The Kier molecular flexibility index (Phi) is 5.28. The van der Waals surface area contributed by atoms with E-state index in [0.29, 0.717) is 24.5 Å². The molecule has 0 N–H and O–H groups in total. The van der Waals surface area contributed by atoms with Gasteiger partial charge in [-0.05, 0) is 50.1 Å². The second-order valence-corrected chi connectivity index (χ2v) is 6.12. The van der Waals surface area contributed by atoms with Gasteiger partial charge in [0, 0.05) is 30.4 Å². The molecule has 1 aliphatic heterocycles. The van der Waals surface area contributed by atoms with E-state index in [4.69, 9.17) is 0 Å². The van der Waals surface area contributed by atoms with E-state index >= 15 is 0 Å². The van der Waals surface area contributed by atoms with Crippen LogP contribution in [-0.4, -0.2) is 23.0 Å². The molecule has 0 spiro atoms. The van der Waals surface area contributed by atoms with Crippen LogP contribution < -0.4 is 4.90 Å². The monoisotopic (exact) mass is 351 g/mol. The number of rotatable bonds is 2. The van der Waals surface area contributed by atoms with Crippen molar-refractivity contribution in [1.82, 2.24) is 4.98 Å². The second-order valence-electron chi connectivity index (χ2n) is 6.12. The summed E-state index contributed by atoms with van der Waals surface area (Å²) in [6.45, 7) is 3.14. The Bertz CT molecular complexity index is 918. The number of aryl methyl sites for hydroxylation is 1. The molecule has 0 bridgehead atoms. The summed E-state index contributed by atoms with van der Waals surface area (Å²) in [6, 6.07) is 9.34. The highest BCUT2D eigenvalue weighted by atomic mass is 19.1. The molecule has 5 nitrogen and oxygen atoms in total. The second kappa shape index (κ2) is 7.79. The first-order valence-electron chi connectivity index (χ1n) is 8.35. The largest absolute Gasteiger partial charge is 0.350 e. The number of allylic oxidation sites excluding steroid dienone is 1. The number of nitrogens with zero attached hydrogens (tertiary/aromatic N) is 3. The summed E-state index contributed by atoms with van der Waals surface area (Å²) in [5.41, 5.74) is 2.61. The molecular weight excluding hydrogens is 333 g/mol. The maximum absolute atomic E-state index is 13.1. The fourth-order valence-corrected chi connectivity index (χ4v) is 2.85. The van der Waals surface area contributed by atoms with E-state index in [1.807, 2.05) is 17.9 Å². The Balaban J connectivity index is 1.68.